The normalized spacial score (nSPS) is 14.6. The van der Waals surface area contributed by atoms with E-state index in [4.69, 9.17) is 15.7 Å². The van der Waals surface area contributed by atoms with Crippen molar-refractivity contribution < 1.29 is 0 Å². The van der Waals surface area contributed by atoms with Crippen LogP contribution in [0.25, 0.3) is 11.0 Å². The van der Waals surface area contributed by atoms with E-state index in [1.54, 1.807) is 0 Å². The standard InChI is InChI=1S/C16H21N3/c17-10-4-3-5-12-8-9-15-16(11-12)19-14-7-2-1-6-13(14)18-15/h8-9,11H,1-7,10,17H2. The van der Waals surface area contributed by atoms with Gasteiger partial charge in [-0.3, -0.25) is 0 Å². The van der Waals surface area contributed by atoms with Crippen LogP contribution in [0.3, 0.4) is 0 Å². The zero-order chi connectivity index (χ0) is 13.1. The Balaban J connectivity index is 1.89. The number of nitrogens with zero attached hydrogens (tertiary/aromatic N) is 2. The Morgan fingerprint density at radius 3 is 2.42 bits per heavy atom. The van der Waals surface area contributed by atoms with Gasteiger partial charge in [0.2, 0.25) is 0 Å². The van der Waals surface area contributed by atoms with Crippen molar-refractivity contribution in [1.29, 1.82) is 0 Å². The van der Waals surface area contributed by atoms with Gasteiger partial charge in [-0.25, -0.2) is 9.97 Å². The maximum absolute atomic E-state index is 5.54. The zero-order valence-electron chi connectivity index (χ0n) is 11.4. The Morgan fingerprint density at radius 2 is 1.68 bits per heavy atom. The van der Waals surface area contributed by atoms with Crippen molar-refractivity contribution in [2.45, 2.75) is 44.9 Å². The largest absolute Gasteiger partial charge is 0.330 e. The van der Waals surface area contributed by atoms with Gasteiger partial charge in [0.1, 0.15) is 0 Å². The van der Waals surface area contributed by atoms with Crippen LogP contribution in [0.4, 0.5) is 0 Å². The fraction of sp³-hybridized carbons (Fsp3) is 0.500. The van der Waals surface area contributed by atoms with Gasteiger partial charge >= 0.3 is 0 Å². The molecule has 2 aromatic rings. The van der Waals surface area contributed by atoms with Crippen molar-refractivity contribution in [2.24, 2.45) is 5.73 Å². The summed E-state index contributed by atoms with van der Waals surface area (Å²) in [5.74, 6) is 0. The molecule has 0 bridgehead atoms. The van der Waals surface area contributed by atoms with Crippen LogP contribution >= 0.6 is 0 Å². The molecule has 0 saturated heterocycles. The lowest BCUT2D eigenvalue weighted by atomic mass is 10.00. The highest BCUT2D eigenvalue weighted by atomic mass is 14.8. The summed E-state index contributed by atoms with van der Waals surface area (Å²) in [5.41, 5.74) is 11.4. The van der Waals surface area contributed by atoms with Crippen molar-refractivity contribution >= 4 is 11.0 Å². The highest BCUT2D eigenvalue weighted by Gasteiger charge is 2.13. The molecule has 0 saturated carbocycles. The molecule has 0 fully saturated rings. The quantitative estimate of drug-likeness (QED) is 0.855. The van der Waals surface area contributed by atoms with Crippen molar-refractivity contribution in [1.82, 2.24) is 9.97 Å². The monoisotopic (exact) mass is 255 g/mol. The molecule has 1 aromatic heterocycles. The minimum atomic E-state index is 0.779. The van der Waals surface area contributed by atoms with E-state index in [1.807, 2.05) is 0 Å². The summed E-state index contributed by atoms with van der Waals surface area (Å²) in [7, 11) is 0. The first-order valence-corrected chi connectivity index (χ1v) is 7.35. The third-order valence-electron chi connectivity index (χ3n) is 3.88. The molecule has 19 heavy (non-hydrogen) atoms. The molecule has 100 valence electrons. The van der Waals surface area contributed by atoms with Crippen molar-refractivity contribution in [2.75, 3.05) is 6.54 Å². The fourth-order valence-electron chi connectivity index (χ4n) is 2.79. The van der Waals surface area contributed by atoms with Gasteiger partial charge in [0, 0.05) is 0 Å². The molecule has 1 aliphatic carbocycles. The van der Waals surface area contributed by atoms with Crippen LogP contribution in [0, 0.1) is 0 Å². The summed E-state index contributed by atoms with van der Waals surface area (Å²) in [6.07, 6.45) is 8.03. The van der Waals surface area contributed by atoms with Gasteiger partial charge in [-0.1, -0.05) is 6.07 Å². The summed E-state index contributed by atoms with van der Waals surface area (Å²) in [6.45, 7) is 0.779. The van der Waals surface area contributed by atoms with Crippen molar-refractivity contribution in [3.05, 3.63) is 35.2 Å². The number of benzene rings is 1. The van der Waals surface area contributed by atoms with Gasteiger partial charge in [0.25, 0.3) is 0 Å². The molecule has 0 amide bonds. The maximum Gasteiger partial charge on any atom is 0.0893 e. The zero-order valence-corrected chi connectivity index (χ0v) is 11.4. The highest BCUT2D eigenvalue weighted by molar-refractivity contribution is 5.75. The van der Waals surface area contributed by atoms with E-state index in [2.05, 4.69) is 18.2 Å². The van der Waals surface area contributed by atoms with Gasteiger partial charge < -0.3 is 5.73 Å². The molecule has 1 aromatic carbocycles. The van der Waals surface area contributed by atoms with Crippen LogP contribution in [0.15, 0.2) is 18.2 Å². The van der Waals surface area contributed by atoms with Crippen LogP contribution in [0.2, 0.25) is 0 Å². The van der Waals surface area contributed by atoms with E-state index in [0.717, 1.165) is 49.7 Å². The van der Waals surface area contributed by atoms with Gasteiger partial charge in [-0.2, -0.15) is 0 Å². The number of nitrogens with two attached hydrogens (primary N) is 1. The van der Waals surface area contributed by atoms with Gasteiger partial charge in [0.15, 0.2) is 0 Å². The minimum Gasteiger partial charge on any atom is -0.330 e. The number of hydrogen-bond donors (Lipinski definition) is 1. The number of rotatable bonds is 4. The van der Waals surface area contributed by atoms with E-state index in [1.165, 1.54) is 29.8 Å². The van der Waals surface area contributed by atoms with E-state index in [-0.39, 0.29) is 0 Å². The summed E-state index contributed by atoms with van der Waals surface area (Å²) in [5, 5.41) is 0. The molecule has 1 heterocycles. The fourth-order valence-corrected chi connectivity index (χ4v) is 2.79. The van der Waals surface area contributed by atoms with E-state index >= 15 is 0 Å². The van der Waals surface area contributed by atoms with Crippen LogP contribution in [0.5, 0.6) is 0 Å². The highest BCUT2D eigenvalue weighted by Crippen LogP contribution is 2.22. The Hall–Kier alpha value is -1.48. The third kappa shape index (κ3) is 2.76. The first-order valence-electron chi connectivity index (χ1n) is 7.35. The van der Waals surface area contributed by atoms with E-state index < -0.39 is 0 Å². The average molecular weight is 255 g/mol. The van der Waals surface area contributed by atoms with Crippen LogP contribution < -0.4 is 5.73 Å². The second kappa shape index (κ2) is 5.66. The summed E-state index contributed by atoms with van der Waals surface area (Å²) < 4.78 is 0. The predicted molar refractivity (Wildman–Crippen MR) is 78.2 cm³/mol. The molecule has 3 rings (SSSR count). The number of aromatic nitrogens is 2. The Bertz CT molecular complexity index is 577. The molecular formula is C16H21N3. The lowest BCUT2D eigenvalue weighted by molar-refractivity contribution is 0.655. The minimum absolute atomic E-state index is 0.779. The third-order valence-corrected chi connectivity index (χ3v) is 3.88. The van der Waals surface area contributed by atoms with Gasteiger partial charge in [-0.05, 0) is 69.2 Å². The van der Waals surface area contributed by atoms with Crippen LogP contribution in [-0.2, 0) is 19.3 Å². The van der Waals surface area contributed by atoms with E-state index in [0.29, 0.717) is 0 Å². The number of hydrogen-bond acceptors (Lipinski definition) is 3. The predicted octanol–water partition coefficient (Wildman–Crippen LogP) is 2.79. The number of fused-ring (bicyclic) bond motifs is 2. The molecule has 2 N–H and O–H groups in total. The second-order valence-electron chi connectivity index (χ2n) is 5.39. The first-order chi connectivity index (χ1) is 9.36. The molecule has 0 unspecified atom stereocenters. The topological polar surface area (TPSA) is 51.8 Å². The van der Waals surface area contributed by atoms with Gasteiger partial charge in [-0.15, -0.1) is 0 Å². The molecule has 3 heteroatoms. The van der Waals surface area contributed by atoms with Crippen molar-refractivity contribution in [3.63, 3.8) is 0 Å². The molecule has 0 atom stereocenters. The van der Waals surface area contributed by atoms with Crippen LogP contribution in [0.1, 0.15) is 42.6 Å². The number of unbranched alkanes of at least 4 members (excludes halogenated alkanes) is 1. The van der Waals surface area contributed by atoms with Crippen molar-refractivity contribution in [3.8, 4) is 0 Å². The summed E-state index contributed by atoms with van der Waals surface area (Å²) in [4.78, 5) is 9.59. The smallest absolute Gasteiger partial charge is 0.0893 e. The molecule has 1 aliphatic rings. The second-order valence-corrected chi connectivity index (χ2v) is 5.39. The summed E-state index contributed by atoms with van der Waals surface area (Å²) in [6, 6.07) is 6.51. The summed E-state index contributed by atoms with van der Waals surface area (Å²) >= 11 is 0. The molecule has 0 spiro atoms. The lowest BCUT2D eigenvalue weighted by Gasteiger charge is -2.14. The average Bonchev–Trinajstić information content (AvgIpc) is 2.45. The van der Waals surface area contributed by atoms with Crippen LogP contribution in [-0.4, -0.2) is 16.5 Å². The number of aryl methyl sites for hydroxylation is 3. The molecule has 3 nitrogen and oxygen atoms in total. The SMILES string of the molecule is NCCCCc1ccc2nc3c(nc2c1)CCCC3. The lowest BCUT2D eigenvalue weighted by Crippen LogP contribution is -2.08. The van der Waals surface area contributed by atoms with E-state index in [9.17, 15) is 0 Å². The van der Waals surface area contributed by atoms with Gasteiger partial charge in [0.05, 0.1) is 22.4 Å². The molecule has 0 aliphatic heterocycles. The molecule has 0 radical (unpaired) electrons. The maximum atomic E-state index is 5.54. The molecular weight excluding hydrogens is 234 g/mol. The Kier molecular flexibility index (Phi) is 3.74. The Morgan fingerprint density at radius 1 is 0.947 bits per heavy atom. The Labute approximate surface area is 114 Å². The first kappa shape index (κ1) is 12.5.